The Hall–Kier alpha value is -1.59. The van der Waals surface area contributed by atoms with E-state index in [2.05, 4.69) is 9.88 Å². The summed E-state index contributed by atoms with van der Waals surface area (Å²) in [6, 6.07) is 4.00. The van der Waals surface area contributed by atoms with Crippen LogP contribution in [0.3, 0.4) is 0 Å². The zero-order valence-corrected chi connectivity index (χ0v) is 13.3. The zero-order chi connectivity index (χ0) is 14.9. The standard InChI is InChI=1S/C17H20N2O2S/c20-16(18-11-12-5-4-10-21-12)15-13-6-3-7-14(13)22-17(15)19-8-1-2-9-19/h1-2,8-9,12H,3-7,10-11H2,(H,18,20)/t12-/m1/s1. The van der Waals surface area contributed by atoms with Gasteiger partial charge in [0, 0.05) is 30.4 Å². The predicted molar refractivity (Wildman–Crippen MR) is 87.0 cm³/mol. The molecule has 3 heterocycles. The van der Waals surface area contributed by atoms with Gasteiger partial charge < -0.3 is 14.6 Å². The van der Waals surface area contributed by atoms with Crippen molar-refractivity contribution in [2.24, 2.45) is 0 Å². The fraction of sp³-hybridized carbons (Fsp3) is 0.471. The lowest BCUT2D eigenvalue weighted by Gasteiger charge is -2.12. The Morgan fingerprint density at radius 3 is 2.95 bits per heavy atom. The highest BCUT2D eigenvalue weighted by molar-refractivity contribution is 7.15. The Bertz CT molecular complexity index is 669. The van der Waals surface area contributed by atoms with Gasteiger partial charge in [-0.1, -0.05) is 0 Å². The predicted octanol–water partition coefficient (Wildman–Crippen LogP) is 2.94. The maximum atomic E-state index is 12.8. The molecule has 4 rings (SSSR count). The molecule has 0 bridgehead atoms. The summed E-state index contributed by atoms with van der Waals surface area (Å²) in [6.07, 6.45) is 9.65. The maximum absolute atomic E-state index is 12.8. The lowest BCUT2D eigenvalue weighted by molar-refractivity contribution is 0.0857. The molecular weight excluding hydrogens is 296 g/mol. The van der Waals surface area contributed by atoms with Gasteiger partial charge in [-0.25, -0.2) is 0 Å². The molecule has 1 amide bonds. The lowest BCUT2D eigenvalue weighted by atomic mass is 10.1. The molecular formula is C17H20N2O2S. The minimum atomic E-state index is 0.0543. The smallest absolute Gasteiger partial charge is 0.254 e. The Balaban J connectivity index is 1.60. The van der Waals surface area contributed by atoms with E-state index >= 15 is 0 Å². The maximum Gasteiger partial charge on any atom is 0.254 e. The largest absolute Gasteiger partial charge is 0.376 e. The first kappa shape index (κ1) is 14.0. The molecule has 1 aliphatic carbocycles. The molecule has 0 unspecified atom stereocenters. The molecule has 1 atom stereocenters. The third-order valence-electron chi connectivity index (χ3n) is 4.48. The zero-order valence-electron chi connectivity index (χ0n) is 12.5. The summed E-state index contributed by atoms with van der Waals surface area (Å²) < 4.78 is 7.66. The Morgan fingerprint density at radius 1 is 1.32 bits per heavy atom. The molecule has 0 saturated carbocycles. The number of amides is 1. The van der Waals surface area contributed by atoms with Crippen molar-refractivity contribution >= 4 is 17.2 Å². The van der Waals surface area contributed by atoms with Gasteiger partial charge in [-0.3, -0.25) is 4.79 Å². The molecule has 0 aromatic carbocycles. The van der Waals surface area contributed by atoms with Crippen LogP contribution in [0.4, 0.5) is 0 Å². The van der Waals surface area contributed by atoms with E-state index in [9.17, 15) is 4.79 Å². The molecule has 22 heavy (non-hydrogen) atoms. The number of hydrogen-bond donors (Lipinski definition) is 1. The van der Waals surface area contributed by atoms with E-state index in [1.165, 1.54) is 16.9 Å². The highest BCUT2D eigenvalue weighted by atomic mass is 32.1. The summed E-state index contributed by atoms with van der Waals surface area (Å²) in [5.74, 6) is 0.0543. The van der Waals surface area contributed by atoms with Crippen molar-refractivity contribution in [1.82, 2.24) is 9.88 Å². The van der Waals surface area contributed by atoms with Crippen molar-refractivity contribution in [2.75, 3.05) is 13.2 Å². The lowest BCUT2D eigenvalue weighted by Crippen LogP contribution is -2.32. The third kappa shape index (κ3) is 2.48. The first-order chi connectivity index (χ1) is 10.8. The number of aromatic nitrogens is 1. The van der Waals surface area contributed by atoms with E-state index in [0.717, 1.165) is 42.9 Å². The van der Waals surface area contributed by atoms with Crippen molar-refractivity contribution < 1.29 is 9.53 Å². The topological polar surface area (TPSA) is 43.3 Å². The van der Waals surface area contributed by atoms with Crippen LogP contribution in [0.2, 0.25) is 0 Å². The van der Waals surface area contributed by atoms with E-state index in [-0.39, 0.29) is 12.0 Å². The van der Waals surface area contributed by atoms with E-state index in [1.54, 1.807) is 11.3 Å². The summed E-state index contributed by atoms with van der Waals surface area (Å²) in [5, 5.41) is 4.14. The van der Waals surface area contributed by atoms with E-state index in [0.29, 0.717) is 6.54 Å². The Kier molecular flexibility index (Phi) is 3.76. The number of thiophene rings is 1. The van der Waals surface area contributed by atoms with Crippen LogP contribution in [0.15, 0.2) is 24.5 Å². The molecule has 5 heteroatoms. The summed E-state index contributed by atoms with van der Waals surface area (Å²) >= 11 is 1.76. The number of nitrogens with zero attached hydrogens (tertiary/aromatic N) is 1. The van der Waals surface area contributed by atoms with Gasteiger partial charge in [0.25, 0.3) is 5.91 Å². The second kappa shape index (κ2) is 5.89. The summed E-state index contributed by atoms with van der Waals surface area (Å²) in [5.41, 5.74) is 2.14. The number of carbonyl (C=O) groups is 1. The van der Waals surface area contributed by atoms with Crippen LogP contribution >= 0.6 is 11.3 Å². The number of hydrogen-bond acceptors (Lipinski definition) is 3. The molecule has 1 fully saturated rings. The van der Waals surface area contributed by atoms with Crippen LogP contribution in [-0.2, 0) is 17.6 Å². The van der Waals surface area contributed by atoms with Crippen LogP contribution in [0.1, 0.15) is 40.1 Å². The van der Waals surface area contributed by atoms with Gasteiger partial charge in [-0.05, 0) is 49.8 Å². The molecule has 1 aliphatic heterocycles. The second-order valence-corrected chi connectivity index (χ2v) is 7.06. The monoisotopic (exact) mass is 316 g/mol. The Morgan fingerprint density at radius 2 is 2.18 bits per heavy atom. The molecule has 2 aromatic heterocycles. The van der Waals surface area contributed by atoms with Crippen molar-refractivity contribution in [3.63, 3.8) is 0 Å². The van der Waals surface area contributed by atoms with Gasteiger partial charge in [0.1, 0.15) is 5.00 Å². The van der Waals surface area contributed by atoms with Crippen molar-refractivity contribution in [3.05, 3.63) is 40.5 Å². The average Bonchev–Trinajstić information content (AvgIpc) is 3.27. The summed E-state index contributed by atoms with van der Waals surface area (Å²) in [7, 11) is 0. The number of rotatable bonds is 4. The molecule has 4 nitrogen and oxygen atoms in total. The molecule has 116 valence electrons. The van der Waals surface area contributed by atoms with Gasteiger partial charge in [0.2, 0.25) is 0 Å². The normalized spacial score (nSPS) is 20.3. The second-order valence-electron chi connectivity index (χ2n) is 5.97. The van der Waals surface area contributed by atoms with Crippen molar-refractivity contribution in [3.8, 4) is 5.00 Å². The first-order valence-electron chi connectivity index (χ1n) is 8.00. The molecule has 2 aliphatic rings. The van der Waals surface area contributed by atoms with Gasteiger partial charge in [-0.2, -0.15) is 0 Å². The highest BCUT2D eigenvalue weighted by Gasteiger charge is 2.27. The van der Waals surface area contributed by atoms with Crippen LogP contribution in [-0.4, -0.2) is 29.7 Å². The number of fused-ring (bicyclic) bond motifs is 1. The third-order valence-corrected chi connectivity index (χ3v) is 5.79. The molecule has 2 aromatic rings. The van der Waals surface area contributed by atoms with E-state index in [1.807, 2.05) is 24.5 Å². The average molecular weight is 316 g/mol. The van der Waals surface area contributed by atoms with Crippen LogP contribution < -0.4 is 5.32 Å². The molecule has 0 radical (unpaired) electrons. The van der Waals surface area contributed by atoms with Crippen LogP contribution in [0, 0.1) is 0 Å². The van der Waals surface area contributed by atoms with Gasteiger partial charge in [0.05, 0.1) is 11.7 Å². The fourth-order valence-corrected chi connectivity index (χ4v) is 4.73. The van der Waals surface area contributed by atoms with Gasteiger partial charge in [-0.15, -0.1) is 11.3 Å². The van der Waals surface area contributed by atoms with Crippen molar-refractivity contribution in [1.29, 1.82) is 0 Å². The number of nitrogens with one attached hydrogen (secondary N) is 1. The summed E-state index contributed by atoms with van der Waals surface area (Å²) in [6.45, 7) is 1.44. The quantitative estimate of drug-likeness (QED) is 0.942. The Labute approximate surface area is 134 Å². The molecule has 1 saturated heterocycles. The number of carbonyl (C=O) groups excluding carboxylic acids is 1. The molecule has 1 N–H and O–H groups in total. The SMILES string of the molecule is O=C(NC[C@H]1CCCO1)c1c(-n2cccc2)sc2c1CCC2. The minimum Gasteiger partial charge on any atom is -0.376 e. The minimum absolute atomic E-state index is 0.0543. The van der Waals surface area contributed by atoms with Crippen LogP contribution in [0.25, 0.3) is 5.00 Å². The fourth-order valence-electron chi connectivity index (χ4n) is 3.38. The number of aryl methyl sites for hydroxylation is 1. The van der Waals surface area contributed by atoms with Gasteiger partial charge in [0.15, 0.2) is 0 Å². The number of ether oxygens (including phenoxy) is 1. The van der Waals surface area contributed by atoms with Crippen LogP contribution in [0.5, 0.6) is 0 Å². The first-order valence-corrected chi connectivity index (χ1v) is 8.82. The van der Waals surface area contributed by atoms with Crippen molar-refractivity contribution in [2.45, 2.75) is 38.2 Å². The van der Waals surface area contributed by atoms with E-state index in [4.69, 9.17) is 4.74 Å². The highest BCUT2D eigenvalue weighted by Crippen LogP contribution is 2.37. The van der Waals surface area contributed by atoms with E-state index < -0.39 is 0 Å². The van der Waals surface area contributed by atoms with Gasteiger partial charge >= 0.3 is 0 Å². The summed E-state index contributed by atoms with van der Waals surface area (Å²) in [4.78, 5) is 14.1. The molecule has 0 spiro atoms.